The molecule has 2 unspecified atom stereocenters. The summed E-state index contributed by atoms with van der Waals surface area (Å²) in [7, 11) is -3.28. The van der Waals surface area contributed by atoms with Crippen molar-refractivity contribution >= 4 is 38.4 Å². The van der Waals surface area contributed by atoms with E-state index in [1.54, 1.807) is 6.07 Å². The van der Waals surface area contributed by atoms with Crippen LogP contribution in [0.15, 0.2) is 18.2 Å². The number of nitrogens with one attached hydrogen (secondary N) is 2. The fraction of sp³-hybridized carbons (Fsp3) is 0.571. The van der Waals surface area contributed by atoms with E-state index < -0.39 is 10.0 Å². The topological polar surface area (TPSA) is 80.2 Å². The minimum absolute atomic E-state index is 0.0594. The van der Waals surface area contributed by atoms with Crippen molar-refractivity contribution in [2.45, 2.75) is 51.6 Å². The highest BCUT2D eigenvalue weighted by Gasteiger charge is 2.35. The molecule has 158 valence electrons. The molecule has 1 aromatic heterocycles. The van der Waals surface area contributed by atoms with Crippen molar-refractivity contribution in [3.8, 4) is 0 Å². The van der Waals surface area contributed by atoms with Crippen LogP contribution in [-0.4, -0.2) is 37.7 Å². The van der Waals surface area contributed by atoms with Crippen molar-refractivity contribution in [2.75, 3.05) is 12.8 Å². The average Bonchev–Trinajstić information content (AvgIpc) is 3.11. The van der Waals surface area contributed by atoms with Gasteiger partial charge in [0.1, 0.15) is 0 Å². The lowest BCUT2D eigenvalue weighted by atomic mass is 9.85. The molecule has 4 rings (SSSR count). The first-order valence-electron chi connectivity index (χ1n) is 10.3. The fourth-order valence-corrected chi connectivity index (χ4v) is 6.02. The van der Waals surface area contributed by atoms with Gasteiger partial charge in [-0.1, -0.05) is 36.6 Å². The molecule has 0 spiro atoms. The summed E-state index contributed by atoms with van der Waals surface area (Å²) in [4.78, 5) is 13.3. The van der Waals surface area contributed by atoms with E-state index in [0.29, 0.717) is 17.1 Å². The van der Waals surface area contributed by atoms with Crippen molar-refractivity contribution in [2.24, 2.45) is 11.8 Å². The normalized spacial score (nSPS) is 24.2. The molecule has 0 saturated heterocycles. The van der Waals surface area contributed by atoms with E-state index in [0.717, 1.165) is 47.5 Å². The molecular weight excluding hydrogens is 410 g/mol. The number of para-hydroxylation sites is 1. The van der Waals surface area contributed by atoms with Crippen LogP contribution in [-0.2, 0) is 16.6 Å². The van der Waals surface area contributed by atoms with Gasteiger partial charge < -0.3 is 9.88 Å². The van der Waals surface area contributed by atoms with Crippen LogP contribution in [0, 0.1) is 18.8 Å². The molecule has 2 aliphatic carbocycles. The Labute approximate surface area is 177 Å². The van der Waals surface area contributed by atoms with E-state index in [-0.39, 0.29) is 18.5 Å². The summed E-state index contributed by atoms with van der Waals surface area (Å²) < 4.78 is 27.3. The van der Waals surface area contributed by atoms with Crippen molar-refractivity contribution in [3.63, 3.8) is 0 Å². The maximum Gasteiger partial charge on any atom is 0.253 e. The van der Waals surface area contributed by atoms with E-state index in [4.69, 9.17) is 11.6 Å². The fourth-order valence-electron chi connectivity index (χ4n) is 5.28. The zero-order valence-corrected chi connectivity index (χ0v) is 18.4. The zero-order valence-electron chi connectivity index (χ0n) is 16.9. The van der Waals surface area contributed by atoms with Crippen LogP contribution in [0.5, 0.6) is 0 Å². The molecule has 29 heavy (non-hydrogen) atoms. The Morgan fingerprint density at radius 1 is 1.21 bits per heavy atom. The Morgan fingerprint density at radius 2 is 1.90 bits per heavy atom. The summed E-state index contributed by atoms with van der Waals surface area (Å²) >= 11 is 6.47. The molecule has 2 aromatic rings. The number of hydrogen-bond donors (Lipinski definition) is 2. The molecule has 1 aromatic carbocycles. The van der Waals surface area contributed by atoms with Crippen LogP contribution in [0.3, 0.4) is 0 Å². The number of halogens is 1. The number of aromatic nitrogens is 1. The quantitative estimate of drug-likeness (QED) is 0.726. The number of nitrogens with zero attached hydrogens (tertiary/aromatic N) is 1. The monoisotopic (exact) mass is 437 g/mol. The van der Waals surface area contributed by atoms with Crippen molar-refractivity contribution in [1.29, 1.82) is 0 Å². The maximum atomic E-state index is 13.3. The Balaban J connectivity index is 1.62. The summed E-state index contributed by atoms with van der Waals surface area (Å²) in [5, 5.41) is 4.64. The molecule has 0 radical (unpaired) electrons. The van der Waals surface area contributed by atoms with Gasteiger partial charge in [0, 0.05) is 30.2 Å². The van der Waals surface area contributed by atoms with Gasteiger partial charge in [0.25, 0.3) is 5.91 Å². The van der Waals surface area contributed by atoms with Gasteiger partial charge in [-0.25, -0.2) is 13.1 Å². The third-order valence-corrected chi connectivity index (χ3v) is 7.47. The van der Waals surface area contributed by atoms with Crippen LogP contribution in [0.25, 0.3) is 10.9 Å². The summed E-state index contributed by atoms with van der Waals surface area (Å²) in [6, 6.07) is 5.79. The molecule has 2 saturated carbocycles. The minimum Gasteiger partial charge on any atom is -0.349 e. The molecule has 2 N–H and O–H groups in total. The molecule has 1 amide bonds. The Kier molecular flexibility index (Phi) is 5.66. The van der Waals surface area contributed by atoms with E-state index >= 15 is 0 Å². The lowest BCUT2D eigenvalue weighted by molar-refractivity contribution is 0.0919. The van der Waals surface area contributed by atoms with Gasteiger partial charge in [-0.05, 0) is 44.1 Å². The summed E-state index contributed by atoms with van der Waals surface area (Å²) in [6.45, 7) is 2.54. The maximum absolute atomic E-state index is 13.3. The molecule has 8 heteroatoms. The number of amides is 1. The third-order valence-electron chi connectivity index (χ3n) is 6.44. The van der Waals surface area contributed by atoms with Crippen molar-refractivity contribution < 1.29 is 13.2 Å². The number of fused-ring (bicyclic) bond motifs is 3. The largest absolute Gasteiger partial charge is 0.349 e. The first-order valence-corrected chi connectivity index (χ1v) is 12.5. The SMILES string of the molecule is Cc1c(C(=O)NC2CC3CCC(C3)C2)c2cccc(Cl)c2n1CCNS(C)(=O)=O. The minimum atomic E-state index is -3.28. The smallest absolute Gasteiger partial charge is 0.253 e. The summed E-state index contributed by atoms with van der Waals surface area (Å²) in [5.41, 5.74) is 2.22. The first kappa shape index (κ1) is 20.7. The molecule has 0 aliphatic heterocycles. The standard InChI is InChI=1S/C21H28ClN3O3S/c1-13-19(21(26)24-16-11-14-6-7-15(10-14)12-16)17-4-3-5-18(22)20(17)25(13)9-8-23-29(2,27)28/h3-5,14-16,23H,6-12H2,1-2H3,(H,24,26). The average molecular weight is 438 g/mol. The van der Waals surface area contributed by atoms with Crippen molar-refractivity contribution in [3.05, 3.63) is 34.5 Å². The van der Waals surface area contributed by atoms with E-state index in [2.05, 4.69) is 10.0 Å². The second-order valence-electron chi connectivity index (χ2n) is 8.60. The van der Waals surface area contributed by atoms with Crippen molar-refractivity contribution in [1.82, 2.24) is 14.6 Å². The molecule has 2 bridgehead atoms. The molecular formula is C21H28ClN3O3S. The van der Waals surface area contributed by atoms with Crippen LogP contribution in [0.2, 0.25) is 5.02 Å². The molecule has 2 aliphatic rings. The van der Waals surface area contributed by atoms with Gasteiger partial charge in [0.15, 0.2) is 0 Å². The molecule has 2 fully saturated rings. The predicted molar refractivity (Wildman–Crippen MR) is 116 cm³/mol. The molecule has 2 atom stereocenters. The summed E-state index contributed by atoms with van der Waals surface area (Å²) in [5.74, 6) is 1.44. The highest BCUT2D eigenvalue weighted by atomic mass is 35.5. The zero-order chi connectivity index (χ0) is 20.8. The third kappa shape index (κ3) is 4.32. The van der Waals surface area contributed by atoms with Crippen LogP contribution in [0.4, 0.5) is 0 Å². The number of sulfonamides is 1. The van der Waals surface area contributed by atoms with Crippen LogP contribution >= 0.6 is 11.6 Å². The highest BCUT2D eigenvalue weighted by molar-refractivity contribution is 7.88. The molecule has 6 nitrogen and oxygen atoms in total. The van der Waals surface area contributed by atoms with Gasteiger partial charge in [-0.15, -0.1) is 0 Å². The second kappa shape index (κ2) is 7.93. The first-order chi connectivity index (χ1) is 13.7. The number of hydrogen-bond acceptors (Lipinski definition) is 3. The van der Waals surface area contributed by atoms with E-state index in [1.807, 2.05) is 23.6 Å². The Bertz CT molecular complexity index is 1040. The number of carbonyl (C=O) groups excluding carboxylic acids is 1. The van der Waals surface area contributed by atoms with E-state index in [9.17, 15) is 13.2 Å². The highest BCUT2D eigenvalue weighted by Crippen LogP contribution is 2.42. The predicted octanol–water partition coefficient (Wildman–Crippen LogP) is 3.46. The van der Waals surface area contributed by atoms with Gasteiger partial charge in [-0.3, -0.25) is 4.79 Å². The van der Waals surface area contributed by atoms with Gasteiger partial charge in [-0.2, -0.15) is 0 Å². The number of rotatable bonds is 6. The van der Waals surface area contributed by atoms with Gasteiger partial charge in [0.05, 0.1) is 22.4 Å². The summed E-state index contributed by atoms with van der Waals surface area (Å²) in [6.07, 6.45) is 7.17. The lowest BCUT2D eigenvalue weighted by Gasteiger charge is -2.28. The van der Waals surface area contributed by atoms with Gasteiger partial charge >= 0.3 is 0 Å². The van der Waals surface area contributed by atoms with Crippen LogP contribution in [0.1, 0.15) is 48.2 Å². The molecule has 1 heterocycles. The second-order valence-corrected chi connectivity index (χ2v) is 10.8. The van der Waals surface area contributed by atoms with Gasteiger partial charge in [0.2, 0.25) is 10.0 Å². The van der Waals surface area contributed by atoms with Crippen LogP contribution < -0.4 is 10.0 Å². The lowest BCUT2D eigenvalue weighted by Crippen LogP contribution is -2.39. The number of benzene rings is 1. The number of carbonyl (C=O) groups is 1. The van der Waals surface area contributed by atoms with E-state index in [1.165, 1.54) is 19.3 Å². The Morgan fingerprint density at radius 3 is 2.55 bits per heavy atom. The Hall–Kier alpha value is -1.57.